The molecule has 116 valence electrons. The van der Waals surface area contributed by atoms with Gasteiger partial charge in [-0.15, -0.1) is 0 Å². The van der Waals surface area contributed by atoms with Crippen molar-refractivity contribution >= 4 is 12.0 Å². The minimum absolute atomic E-state index is 0.248. The summed E-state index contributed by atoms with van der Waals surface area (Å²) in [7, 11) is 0. The minimum Gasteiger partial charge on any atom is -0.480 e. The summed E-state index contributed by atoms with van der Waals surface area (Å²) >= 11 is 0. The lowest BCUT2D eigenvalue weighted by Gasteiger charge is -2.35. The molecule has 1 atom stereocenters. The van der Waals surface area contributed by atoms with Crippen LogP contribution in [-0.4, -0.2) is 41.1 Å². The summed E-state index contributed by atoms with van der Waals surface area (Å²) in [6, 6.07) is -1.11. The molecule has 0 aromatic rings. The van der Waals surface area contributed by atoms with E-state index in [2.05, 4.69) is 12.2 Å². The molecule has 0 aromatic heterocycles. The molecule has 1 saturated heterocycles. The van der Waals surface area contributed by atoms with Crippen LogP contribution in [0.3, 0.4) is 0 Å². The minimum atomic E-state index is -0.980. The van der Waals surface area contributed by atoms with Crippen molar-refractivity contribution < 1.29 is 14.7 Å². The van der Waals surface area contributed by atoms with Gasteiger partial charge in [-0.3, -0.25) is 0 Å². The van der Waals surface area contributed by atoms with E-state index in [1.807, 2.05) is 20.8 Å². The summed E-state index contributed by atoms with van der Waals surface area (Å²) in [5, 5.41) is 11.9. The average molecular weight is 284 g/mol. The molecular formula is C15H28N2O3. The number of piperidine rings is 1. The Balaban J connectivity index is 2.53. The number of nitrogens with zero attached hydrogens (tertiary/aromatic N) is 1. The van der Waals surface area contributed by atoms with E-state index in [1.54, 1.807) is 4.90 Å². The van der Waals surface area contributed by atoms with E-state index in [4.69, 9.17) is 0 Å². The van der Waals surface area contributed by atoms with Crippen LogP contribution in [0.2, 0.25) is 0 Å². The van der Waals surface area contributed by atoms with Crippen molar-refractivity contribution in [1.82, 2.24) is 10.2 Å². The first-order valence-corrected chi connectivity index (χ1v) is 7.54. The molecule has 1 fully saturated rings. The first-order valence-electron chi connectivity index (χ1n) is 7.54. The summed E-state index contributed by atoms with van der Waals surface area (Å²) in [6.07, 6.45) is 4.44. The Morgan fingerprint density at radius 3 is 2.25 bits per heavy atom. The molecule has 1 rings (SSSR count). The van der Waals surface area contributed by atoms with Gasteiger partial charge in [0.25, 0.3) is 0 Å². The van der Waals surface area contributed by atoms with Gasteiger partial charge in [0.15, 0.2) is 0 Å². The fraction of sp³-hybridized carbons (Fsp3) is 0.867. The SMILES string of the molecule is CCCC1CCN(C(=O)N[C@H](C(=O)O)C(C)(C)C)CC1. The molecule has 0 aromatic carbocycles. The second-order valence-corrected chi connectivity index (χ2v) is 6.81. The molecule has 5 nitrogen and oxygen atoms in total. The van der Waals surface area contributed by atoms with E-state index in [9.17, 15) is 14.7 Å². The molecule has 0 radical (unpaired) electrons. The molecule has 2 N–H and O–H groups in total. The van der Waals surface area contributed by atoms with Gasteiger partial charge in [0.1, 0.15) is 6.04 Å². The van der Waals surface area contributed by atoms with Crippen LogP contribution in [0.15, 0.2) is 0 Å². The number of hydrogen-bond acceptors (Lipinski definition) is 2. The summed E-state index contributed by atoms with van der Waals surface area (Å²) < 4.78 is 0. The van der Waals surface area contributed by atoms with Gasteiger partial charge in [-0.2, -0.15) is 0 Å². The predicted octanol–water partition coefficient (Wildman–Crippen LogP) is 2.71. The first-order chi connectivity index (χ1) is 9.25. The van der Waals surface area contributed by atoms with E-state index in [0.717, 1.165) is 25.9 Å². The second-order valence-electron chi connectivity index (χ2n) is 6.81. The van der Waals surface area contributed by atoms with Crippen molar-refractivity contribution in [2.45, 2.75) is 59.4 Å². The Morgan fingerprint density at radius 1 is 1.30 bits per heavy atom. The summed E-state index contributed by atoms with van der Waals surface area (Å²) in [4.78, 5) is 25.2. The number of amides is 2. The number of likely N-dealkylation sites (tertiary alicyclic amines) is 1. The highest BCUT2D eigenvalue weighted by Gasteiger charge is 2.34. The maximum absolute atomic E-state index is 12.2. The number of carbonyl (C=O) groups excluding carboxylic acids is 1. The van der Waals surface area contributed by atoms with Gasteiger partial charge in [-0.25, -0.2) is 9.59 Å². The van der Waals surface area contributed by atoms with Crippen molar-refractivity contribution in [2.75, 3.05) is 13.1 Å². The van der Waals surface area contributed by atoms with Gasteiger partial charge in [-0.1, -0.05) is 40.5 Å². The van der Waals surface area contributed by atoms with E-state index in [1.165, 1.54) is 12.8 Å². The van der Waals surface area contributed by atoms with Crippen LogP contribution in [0, 0.1) is 11.3 Å². The summed E-state index contributed by atoms with van der Waals surface area (Å²) in [5.74, 6) is -0.270. The summed E-state index contributed by atoms with van der Waals surface area (Å²) in [6.45, 7) is 9.10. The Morgan fingerprint density at radius 2 is 1.85 bits per heavy atom. The topological polar surface area (TPSA) is 69.6 Å². The lowest BCUT2D eigenvalue weighted by Crippen LogP contribution is -2.54. The van der Waals surface area contributed by atoms with E-state index < -0.39 is 17.4 Å². The van der Waals surface area contributed by atoms with E-state index in [0.29, 0.717) is 5.92 Å². The largest absolute Gasteiger partial charge is 0.480 e. The smallest absolute Gasteiger partial charge is 0.326 e. The Labute approximate surface area is 121 Å². The number of rotatable bonds is 4. The zero-order chi connectivity index (χ0) is 15.3. The fourth-order valence-electron chi connectivity index (χ4n) is 2.70. The molecular weight excluding hydrogens is 256 g/mol. The molecule has 1 heterocycles. The average Bonchev–Trinajstić information content (AvgIpc) is 2.35. The van der Waals surface area contributed by atoms with Gasteiger partial charge in [0.2, 0.25) is 0 Å². The van der Waals surface area contributed by atoms with Crippen LogP contribution in [0.5, 0.6) is 0 Å². The number of hydrogen-bond donors (Lipinski definition) is 2. The second kappa shape index (κ2) is 6.95. The number of nitrogens with one attached hydrogen (secondary N) is 1. The van der Waals surface area contributed by atoms with Gasteiger partial charge in [0.05, 0.1) is 0 Å². The predicted molar refractivity (Wildman–Crippen MR) is 78.6 cm³/mol. The monoisotopic (exact) mass is 284 g/mol. The molecule has 1 aliphatic rings. The number of aliphatic carboxylic acids is 1. The van der Waals surface area contributed by atoms with E-state index in [-0.39, 0.29) is 6.03 Å². The highest BCUT2D eigenvalue weighted by Crippen LogP contribution is 2.23. The zero-order valence-electron chi connectivity index (χ0n) is 13.1. The third-order valence-electron chi connectivity index (χ3n) is 3.98. The number of carboxylic acids is 1. The van der Waals surface area contributed by atoms with Crippen LogP contribution in [0.4, 0.5) is 4.79 Å². The van der Waals surface area contributed by atoms with Crippen molar-refractivity contribution in [3.63, 3.8) is 0 Å². The molecule has 5 heteroatoms. The van der Waals surface area contributed by atoms with Crippen LogP contribution in [0.1, 0.15) is 53.4 Å². The Hall–Kier alpha value is -1.26. The number of carbonyl (C=O) groups is 2. The highest BCUT2D eigenvalue weighted by molar-refractivity contribution is 5.83. The molecule has 20 heavy (non-hydrogen) atoms. The number of carboxylic acid groups (broad SMARTS) is 1. The number of urea groups is 1. The Bertz CT molecular complexity index is 342. The first kappa shape index (κ1) is 16.8. The molecule has 1 aliphatic heterocycles. The molecule has 0 unspecified atom stereocenters. The van der Waals surface area contributed by atoms with Gasteiger partial charge in [0, 0.05) is 13.1 Å². The normalized spacial score (nSPS) is 18.7. The maximum atomic E-state index is 12.2. The third kappa shape index (κ3) is 4.69. The molecule has 0 spiro atoms. The molecule has 2 amide bonds. The lowest BCUT2D eigenvalue weighted by molar-refractivity contribution is -0.142. The summed E-state index contributed by atoms with van der Waals surface area (Å²) in [5.41, 5.74) is -0.498. The van der Waals surface area contributed by atoms with Crippen molar-refractivity contribution in [3.05, 3.63) is 0 Å². The standard InChI is InChI=1S/C15H28N2O3/c1-5-6-11-7-9-17(10-8-11)14(20)16-12(13(18)19)15(2,3)4/h11-12H,5-10H2,1-4H3,(H,16,20)(H,18,19)/t12-/m1/s1. The van der Waals surface area contributed by atoms with Crippen molar-refractivity contribution in [3.8, 4) is 0 Å². The van der Waals surface area contributed by atoms with Crippen molar-refractivity contribution in [1.29, 1.82) is 0 Å². The van der Waals surface area contributed by atoms with Crippen LogP contribution >= 0.6 is 0 Å². The van der Waals surface area contributed by atoms with Crippen LogP contribution in [0.25, 0.3) is 0 Å². The highest BCUT2D eigenvalue weighted by atomic mass is 16.4. The third-order valence-corrected chi connectivity index (χ3v) is 3.98. The zero-order valence-corrected chi connectivity index (χ0v) is 13.1. The fourth-order valence-corrected chi connectivity index (χ4v) is 2.70. The quantitative estimate of drug-likeness (QED) is 0.834. The lowest BCUT2D eigenvalue weighted by atomic mass is 9.87. The Kier molecular flexibility index (Phi) is 5.84. The van der Waals surface area contributed by atoms with Crippen LogP contribution < -0.4 is 5.32 Å². The van der Waals surface area contributed by atoms with Crippen molar-refractivity contribution in [2.24, 2.45) is 11.3 Å². The molecule has 0 aliphatic carbocycles. The van der Waals surface area contributed by atoms with Gasteiger partial charge < -0.3 is 15.3 Å². The van der Waals surface area contributed by atoms with Crippen LogP contribution in [-0.2, 0) is 4.79 Å². The van der Waals surface area contributed by atoms with Gasteiger partial charge in [-0.05, 0) is 24.2 Å². The van der Waals surface area contributed by atoms with E-state index >= 15 is 0 Å². The maximum Gasteiger partial charge on any atom is 0.326 e. The van der Waals surface area contributed by atoms with Gasteiger partial charge >= 0.3 is 12.0 Å². The molecule has 0 saturated carbocycles. The molecule has 0 bridgehead atoms.